The first-order chi connectivity index (χ1) is 8.49. The maximum absolute atomic E-state index is 12.0. The summed E-state index contributed by atoms with van der Waals surface area (Å²) in [6.45, 7) is 1.74. The molecule has 0 aromatic carbocycles. The highest BCUT2D eigenvalue weighted by Gasteiger charge is 2.18. The molecule has 0 aliphatic heterocycles. The van der Waals surface area contributed by atoms with E-state index in [0.29, 0.717) is 5.69 Å². The van der Waals surface area contributed by atoms with E-state index in [4.69, 9.17) is 0 Å². The molecule has 0 aliphatic carbocycles. The maximum Gasteiger partial charge on any atom is 0.268 e. The highest BCUT2D eigenvalue weighted by atomic mass is 32.2. The van der Waals surface area contributed by atoms with Crippen molar-refractivity contribution in [3.63, 3.8) is 0 Å². The first-order valence-electron chi connectivity index (χ1n) is 5.12. The summed E-state index contributed by atoms with van der Waals surface area (Å²) >= 11 is 0. The Morgan fingerprint density at radius 2 is 2.06 bits per heavy atom. The fourth-order valence-corrected chi connectivity index (χ4v) is 2.46. The number of H-pyrrole nitrogens is 1. The molecule has 18 heavy (non-hydrogen) atoms. The van der Waals surface area contributed by atoms with Gasteiger partial charge in [0.25, 0.3) is 10.0 Å². The predicted molar refractivity (Wildman–Crippen MR) is 66.8 cm³/mol. The average molecular weight is 265 g/mol. The number of aromatic nitrogens is 2. The summed E-state index contributed by atoms with van der Waals surface area (Å²) in [5, 5.41) is 0. The third-order valence-electron chi connectivity index (χ3n) is 2.20. The molecule has 2 heterocycles. The van der Waals surface area contributed by atoms with Gasteiger partial charge < -0.3 is 4.98 Å². The molecule has 0 unspecified atom stereocenters. The predicted octanol–water partition coefficient (Wildman–Crippen LogP) is 0.879. The van der Waals surface area contributed by atoms with Crippen molar-refractivity contribution in [2.75, 3.05) is 4.72 Å². The summed E-state index contributed by atoms with van der Waals surface area (Å²) in [6.07, 6.45) is 2.51. The maximum atomic E-state index is 12.0. The molecule has 2 N–H and O–H groups in total. The summed E-state index contributed by atoms with van der Waals surface area (Å²) in [4.78, 5) is 17.7. The van der Waals surface area contributed by atoms with E-state index in [1.54, 1.807) is 19.1 Å². The Morgan fingerprint density at radius 1 is 1.28 bits per heavy atom. The first-order valence-corrected chi connectivity index (χ1v) is 6.61. The van der Waals surface area contributed by atoms with Crippen LogP contribution in [0.1, 0.15) is 5.69 Å². The van der Waals surface area contributed by atoms with Crippen molar-refractivity contribution < 1.29 is 8.42 Å². The second-order valence-electron chi connectivity index (χ2n) is 3.64. The van der Waals surface area contributed by atoms with Crippen molar-refractivity contribution in [3.05, 3.63) is 52.6 Å². The van der Waals surface area contributed by atoms with Crippen LogP contribution in [0.2, 0.25) is 0 Å². The SMILES string of the molecule is Cc1cccc(NS(=O)(=O)c2c[nH]ccc2=O)n1. The van der Waals surface area contributed by atoms with Crippen LogP contribution < -0.4 is 10.2 Å². The van der Waals surface area contributed by atoms with Gasteiger partial charge in [-0.1, -0.05) is 6.07 Å². The second kappa shape index (κ2) is 4.61. The summed E-state index contributed by atoms with van der Waals surface area (Å²) in [7, 11) is -3.92. The Balaban J connectivity index is 2.40. The highest BCUT2D eigenvalue weighted by molar-refractivity contribution is 7.92. The van der Waals surface area contributed by atoms with Crippen molar-refractivity contribution in [3.8, 4) is 0 Å². The summed E-state index contributed by atoms with van der Waals surface area (Å²) < 4.78 is 26.2. The molecule has 0 bridgehead atoms. The highest BCUT2D eigenvalue weighted by Crippen LogP contribution is 2.10. The number of rotatable bonds is 3. The molecule has 0 fully saturated rings. The minimum absolute atomic E-state index is 0.179. The standard InChI is InChI=1S/C11H11N3O3S/c1-8-3-2-4-11(13-8)14-18(16,17)10-7-12-6-5-9(10)15/h2-7H,1H3,(H,12,15)(H,13,14). The Morgan fingerprint density at radius 3 is 2.72 bits per heavy atom. The lowest BCUT2D eigenvalue weighted by Gasteiger charge is -2.06. The lowest BCUT2D eigenvalue weighted by molar-refractivity contribution is 0.600. The Kier molecular flexibility index (Phi) is 3.15. The van der Waals surface area contributed by atoms with Crippen LogP contribution in [0.4, 0.5) is 5.82 Å². The zero-order chi connectivity index (χ0) is 13.2. The van der Waals surface area contributed by atoms with Gasteiger partial charge in [-0.25, -0.2) is 13.4 Å². The van der Waals surface area contributed by atoms with Gasteiger partial charge in [0.1, 0.15) is 5.82 Å². The van der Waals surface area contributed by atoms with Gasteiger partial charge in [-0.05, 0) is 19.1 Å². The molecule has 2 aromatic rings. The lowest BCUT2D eigenvalue weighted by atomic mass is 10.4. The van der Waals surface area contributed by atoms with Crippen molar-refractivity contribution >= 4 is 15.8 Å². The van der Waals surface area contributed by atoms with Crippen LogP contribution in [0.5, 0.6) is 0 Å². The quantitative estimate of drug-likeness (QED) is 0.861. The summed E-state index contributed by atoms with van der Waals surface area (Å²) in [5.41, 5.74) is 0.103. The molecule has 7 heteroatoms. The monoisotopic (exact) mass is 265 g/mol. The van der Waals surface area contributed by atoms with Crippen LogP contribution in [-0.4, -0.2) is 18.4 Å². The van der Waals surface area contributed by atoms with Crippen molar-refractivity contribution in [1.29, 1.82) is 0 Å². The number of sulfonamides is 1. The van der Waals surface area contributed by atoms with Crippen LogP contribution in [-0.2, 0) is 10.0 Å². The Bertz CT molecular complexity index is 722. The number of hydrogen-bond donors (Lipinski definition) is 2. The Hall–Kier alpha value is -2.15. The van der Waals surface area contributed by atoms with E-state index in [2.05, 4.69) is 14.7 Å². The van der Waals surface area contributed by atoms with E-state index in [1.165, 1.54) is 12.3 Å². The summed E-state index contributed by atoms with van der Waals surface area (Å²) in [5.74, 6) is 0.179. The third-order valence-corrected chi connectivity index (χ3v) is 3.58. The van der Waals surface area contributed by atoms with Gasteiger partial charge in [-0.2, -0.15) is 0 Å². The zero-order valence-corrected chi connectivity index (χ0v) is 10.4. The van der Waals surface area contributed by atoms with Gasteiger partial charge in [0.15, 0.2) is 4.90 Å². The molecule has 2 rings (SSSR count). The molecular formula is C11H11N3O3S. The average Bonchev–Trinajstić information content (AvgIpc) is 2.28. The van der Waals surface area contributed by atoms with Gasteiger partial charge in [-0.15, -0.1) is 0 Å². The van der Waals surface area contributed by atoms with E-state index in [0.717, 1.165) is 12.3 Å². The van der Waals surface area contributed by atoms with Crippen LogP contribution in [0.25, 0.3) is 0 Å². The van der Waals surface area contributed by atoms with Crippen molar-refractivity contribution in [1.82, 2.24) is 9.97 Å². The molecular weight excluding hydrogens is 254 g/mol. The third kappa shape index (κ3) is 2.57. The van der Waals surface area contributed by atoms with Crippen molar-refractivity contribution in [2.45, 2.75) is 11.8 Å². The van der Waals surface area contributed by atoms with E-state index < -0.39 is 15.5 Å². The molecule has 0 radical (unpaired) electrons. The fraction of sp³-hybridized carbons (Fsp3) is 0.0909. The van der Waals surface area contributed by atoms with Gasteiger partial charge in [0.05, 0.1) is 0 Å². The van der Waals surface area contributed by atoms with E-state index >= 15 is 0 Å². The molecule has 0 atom stereocenters. The molecule has 0 aliphatic rings. The zero-order valence-electron chi connectivity index (χ0n) is 9.54. The van der Waals surface area contributed by atoms with E-state index in [1.807, 2.05) is 0 Å². The number of nitrogens with zero attached hydrogens (tertiary/aromatic N) is 1. The second-order valence-corrected chi connectivity index (χ2v) is 5.29. The number of anilines is 1. The normalized spacial score (nSPS) is 11.2. The fourth-order valence-electron chi connectivity index (χ4n) is 1.40. The van der Waals surface area contributed by atoms with Crippen LogP contribution in [0.3, 0.4) is 0 Å². The summed E-state index contributed by atoms with van der Waals surface area (Å²) in [6, 6.07) is 6.09. The smallest absolute Gasteiger partial charge is 0.268 e. The molecule has 94 valence electrons. The molecule has 0 spiro atoms. The lowest BCUT2D eigenvalue weighted by Crippen LogP contribution is -2.21. The minimum Gasteiger partial charge on any atom is -0.366 e. The van der Waals surface area contributed by atoms with Crippen LogP contribution >= 0.6 is 0 Å². The van der Waals surface area contributed by atoms with Gasteiger partial charge in [-0.3, -0.25) is 9.52 Å². The number of aryl methyl sites for hydroxylation is 1. The molecule has 0 saturated carbocycles. The largest absolute Gasteiger partial charge is 0.366 e. The van der Waals surface area contributed by atoms with Gasteiger partial charge in [0.2, 0.25) is 5.43 Å². The number of aromatic amines is 1. The van der Waals surface area contributed by atoms with E-state index in [-0.39, 0.29) is 10.7 Å². The molecule has 0 amide bonds. The molecule has 2 aromatic heterocycles. The number of hydrogen-bond acceptors (Lipinski definition) is 4. The van der Waals surface area contributed by atoms with E-state index in [9.17, 15) is 13.2 Å². The molecule has 0 saturated heterocycles. The number of nitrogens with one attached hydrogen (secondary N) is 2. The number of pyridine rings is 2. The first kappa shape index (κ1) is 12.3. The minimum atomic E-state index is -3.92. The van der Waals surface area contributed by atoms with Crippen LogP contribution in [0, 0.1) is 6.92 Å². The van der Waals surface area contributed by atoms with Gasteiger partial charge >= 0.3 is 0 Å². The van der Waals surface area contributed by atoms with Crippen LogP contribution in [0.15, 0.2) is 46.3 Å². The van der Waals surface area contributed by atoms with Crippen molar-refractivity contribution in [2.24, 2.45) is 0 Å². The Labute approximate surface area is 104 Å². The topological polar surface area (TPSA) is 91.9 Å². The van der Waals surface area contributed by atoms with Gasteiger partial charge in [0, 0.05) is 24.2 Å². The molecule has 6 nitrogen and oxygen atoms in total.